The maximum absolute atomic E-state index is 13.4. The van der Waals surface area contributed by atoms with Crippen LogP contribution in [0.5, 0.6) is 0 Å². The van der Waals surface area contributed by atoms with Crippen molar-refractivity contribution in [3.63, 3.8) is 0 Å². The van der Waals surface area contributed by atoms with E-state index in [1.165, 1.54) is 16.8 Å². The molecule has 2 N–H and O–H groups in total. The Morgan fingerprint density at radius 2 is 1.81 bits per heavy atom. The van der Waals surface area contributed by atoms with Gasteiger partial charge in [-0.1, -0.05) is 29.8 Å². The third-order valence-corrected chi connectivity index (χ3v) is 4.28. The van der Waals surface area contributed by atoms with Crippen molar-refractivity contribution in [1.82, 2.24) is 9.78 Å². The first-order valence-electron chi connectivity index (χ1n) is 7.77. The molecule has 0 saturated carbocycles. The van der Waals surface area contributed by atoms with Crippen molar-refractivity contribution < 1.29 is 17.5 Å². The van der Waals surface area contributed by atoms with Gasteiger partial charge >= 0.3 is 0 Å². The number of nitrogens with zero attached hydrogens (tertiary/aromatic N) is 3. The van der Waals surface area contributed by atoms with E-state index in [4.69, 9.17) is 4.55 Å². The lowest BCUT2D eigenvalue weighted by Gasteiger charge is -2.09. The number of nitriles is 1. The van der Waals surface area contributed by atoms with Crippen LogP contribution in [0, 0.1) is 18.3 Å². The molecule has 1 atom stereocenters. The highest BCUT2D eigenvalue weighted by atomic mass is 32.2. The van der Waals surface area contributed by atoms with Crippen LogP contribution in [0.15, 0.2) is 48.5 Å². The topological polar surface area (TPSA) is 90.9 Å². The van der Waals surface area contributed by atoms with Gasteiger partial charge in [-0.05, 0) is 31.2 Å². The van der Waals surface area contributed by atoms with Gasteiger partial charge in [-0.25, -0.2) is 17.7 Å². The van der Waals surface area contributed by atoms with Crippen LogP contribution in [-0.4, -0.2) is 18.5 Å². The maximum atomic E-state index is 13.4. The van der Waals surface area contributed by atoms with Crippen LogP contribution < -0.4 is 4.72 Å². The van der Waals surface area contributed by atoms with Gasteiger partial charge in [0.05, 0.1) is 11.4 Å². The number of rotatable bonds is 5. The molecule has 0 saturated heterocycles. The van der Waals surface area contributed by atoms with E-state index in [1.54, 1.807) is 24.3 Å². The first-order valence-corrected chi connectivity index (χ1v) is 8.87. The summed E-state index contributed by atoms with van der Waals surface area (Å²) in [6.07, 6.45) is -2.90. The number of hydrogen-bond acceptors (Lipinski definition) is 3. The minimum absolute atomic E-state index is 0.187. The molecular weight excluding hydrogens is 374 g/mol. The monoisotopic (exact) mass is 388 g/mol. The Balaban J connectivity index is 2.18. The van der Waals surface area contributed by atoms with Crippen molar-refractivity contribution in [2.75, 3.05) is 4.72 Å². The minimum Gasteiger partial charge on any atom is -0.289 e. The summed E-state index contributed by atoms with van der Waals surface area (Å²) >= 11 is -2.23. The lowest BCUT2D eigenvalue weighted by Crippen LogP contribution is -2.03. The fourth-order valence-corrected chi connectivity index (χ4v) is 2.97. The third-order valence-electron chi connectivity index (χ3n) is 3.87. The largest absolute Gasteiger partial charge is 0.289 e. The lowest BCUT2D eigenvalue weighted by molar-refractivity contribution is 0.145. The number of hydrogen-bond donors (Lipinski definition) is 2. The van der Waals surface area contributed by atoms with Crippen LogP contribution in [0.4, 0.5) is 14.5 Å². The molecule has 138 valence electrons. The van der Waals surface area contributed by atoms with Crippen LogP contribution in [0.3, 0.4) is 0 Å². The summed E-state index contributed by atoms with van der Waals surface area (Å²) < 4.78 is 50.1. The molecular formula is C18H14F2N4O2S. The number of nitrogens with one attached hydrogen (secondary N) is 1. The predicted octanol–water partition coefficient (Wildman–Crippen LogP) is 4.21. The predicted molar refractivity (Wildman–Crippen MR) is 97.8 cm³/mol. The molecule has 0 fully saturated rings. The van der Waals surface area contributed by atoms with Gasteiger partial charge in [0.1, 0.15) is 17.3 Å². The van der Waals surface area contributed by atoms with Gasteiger partial charge in [0.15, 0.2) is 0 Å². The molecule has 1 aromatic heterocycles. The molecule has 0 aliphatic heterocycles. The molecule has 27 heavy (non-hydrogen) atoms. The van der Waals surface area contributed by atoms with Crippen molar-refractivity contribution in [2.24, 2.45) is 0 Å². The average Bonchev–Trinajstić information content (AvgIpc) is 3.02. The number of alkyl halides is 2. The molecule has 0 aliphatic carbocycles. The van der Waals surface area contributed by atoms with E-state index in [0.717, 1.165) is 5.56 Å². The zero-order valence-corrected chi connectivity index (χ0v) is 14.9. The highest BCUT2D eigenvalue weighted by Crippen LogP contribution is 2.33. The van der Waals surface area contributed by atoms with Gasteiger partial charge in [-0.15, -0.1) is 0 Å². The highest BCUT2D eigenvalue weighted by Gasteiger charge is 2.25. The molecule has 9 heteroatoms. The van der Waals surface area contributed by atoms with Crippen molar-refractivity contribution in [2.45, 2.75) is 13.3 Å². The zero-order valence-electron chi connectivity index (χ0n) is 14.1. The molecule has 1 heterocycles. The summed E-state index contributed by atoms with van der Waals surface area (Å²) in [4.78, 5) is 0. The second kappa shape index (κ2) is 7.65. The maximum Gasteiger partial charge on any atom is 0.283 e. The van der Waals surface area contributed by atoms with Crippen LogP contribution in [-0.2, 0) is 11.3 Å². The summed E-state index contributed by atoms with van der Waals surface area (Å²) in [6, 6.07) is 15.1. The SMILES string of the molecule is Cc1ccc(-c2c(C#N)c(C(F)F)nn2-c2ccc(NS(=O)O)cc2)cc1. The first kappa shape index (κ1) is 18.7. The molecule has 0 amide bonds. The molecule has 0 spiro atoms. The molecule has 6 nitrogen and oxygen atoms in total. The minimum atomic E-state index is -2.90. The second-order valence-electron chi connectivity index (χ2n) is 5.70. The molecule has 3 aromatic rings. The van der Waals surface area contributed by atoms with Crippen molar-refractivity contribution in [3.05, 3.63) is 65.4 Å². The Morgan fingerprint density at radius 3 is 2.33 bits per heavy atom. The van der Waals surface area contributed by atoms with Crippen LogP contribution in [0.1, 0.15) is 23.2 Å². The summed E-state index contributed by atoms with van der Waals surface area (Å²) in [7, 11) is 0. The lowest BCUT2D eigenvalue weighted by atomic mass is 10.0. The second-order valence-corrected chi connectivity index (χ2v) is 6.40. The third kappa shape index (κ3) is 3.86. The van der Waals surface area contributed by atoms with Crippen LogP contribution in [0.25, 0.3) is 16.9 Å². The van der Waals surface area contributed by atoms with Crippen LogP contribution >= 0.6 is 0 Å². The van der Waals surface area contributed by atoms with Crippen molar-refractivity contribution in [3.8, 4) is 23.0 Å². The smallest absolute Gasteiger partial charge is 0.283 e. The molecule has 0 bridgehead atoms. The summed E-state index contributed by atoms with van der Waals surface area (Å²) in [6.45, 7) is 1.90. The van der Waals surface area contributed by atoms with E-state index in [9.17, 15) is 18.3 Å². The average molecular weight is 388 g/mol. The van der Waals surface area contributed by atoms with Gasteiger partial charge in [0.2, 0.25) is 0 Å². The van der Waals surface area contributed by atoms with Crippen molar-refractivity contribution in [1.29, 1.82) is 5.26 Å². The molecule has 3 rings (SSSR count). The Hall–Kier alpha value is -3.09. The molecule has 0 aliphatic rings. The Kier molecular flexibility index (Phi) is 5.30. The standard InChI is InChI=1S/C18H14F2N4O2S/c1-11-2-4-12(5-3-11)17-15(10-21)16(18(19)20)22-24(17)14-8-6-13(7-9-14)23-27(25)26/h2-9,18,23H,1H3,(H,25,26). The van der Waals surface area contributed by atoms with E-state index in [0.29, 0.717) is 16.9 Å². The fraction of sp³-hybridized carbons (Fsp3) is 0.111. The van der Waals surface area contributed by atoms with E-state index in [-0.39, 0.29) is 11.3 Å². The molecule has 2 aromatic carbocycles. The highest BCUT2D eigenvalue weighted by molar-refractivity contribution is 7.80. The van der Waals surface area contributed by atoms with Gasteiger partial charge in [-0.3, -0.25) is 9.27 Å². The normalized spacial score (nSPS) is 12.0. The van der Waals surface area contributed by atoms with Gasteiger partial charge in [0, 0.05) is 11.3 Å². The Bertz CT molecular complexity index is 1030. The van der Waals surface area contributed by atoms with E-state index >= 15 is 0 Å². The quantitative estimate of drug-likeness (QED) is 0.641. The number of halogens is 2. The van der Waals surface area contributed by atoms with E-state index in [1.807, 2.05) is 25.1 Å². The number of benzene rings is 2. The van der Waals surface area contributed by atoms with Gasteiger partial charge in [0.25, 0.3) is 17.7 Å². The van der Waals surface area contributed by atoms with Gasteiger partial charge < -0.3 is 0 Å². The van der Waals surface area contributed by atoms with E-state index < -0.39 is 23.4 Å². The van der Waals surface area contributed by atoms with Gasteiger partial charge in [-0.2, -0.15) is 10.4 Å². The summed E-state index contributed by atoms with van der Waals surface area (Å²) in [5, 5.41) is 13.4. The fourth-order valence-electron chi connectivity index (χ4n) is 2.63. The van der Waals surface area contributed by atoms with Crippen LogP contribution in [0.2, 0.25) is 0 Å². The Labute approximate surface area is 156 Å². The molecule has 1 unspecified atom stereocenters. The first-order chi connectivity index (χ1) is 12.9. The number of anilines is 1. The molecule has 0 radical (unpaired) electrons. The summed E-state index contributed by atoms with van der Waals surface area (Å²) in [5.41, 5.74) is 1.86. The zero-order chi connectivity index (χ0) is 19.6. The summed E-state index contributed by atoms with van der Waals surface area (Å²) in [5.74, 6) is 0. The number of aryl methyl sites for hydroxylation is 1. The van der Waals surface area contributed by atoms with Crippen molar-refractivity contribution >= 4 is 17.0 Å². The van der Waals surface area contributed by atoms with E-state index in [2.05, 4.69) is 9.82 Å². The number of aromatic nitrogens is 2. The Morgan fingerprint density at radius 1 is 1.19 bits per heavy atom.